The lowest BCUT2D eigenvalue weighted by Crippen LogP contribution is -2.50. The Bertz CT molecular complexity index is 915. The molecule has 29 heavy (non-hydrogen) atoms. The van der Waals surface area contributed by atoms with Gasteiger partial charge in [-0.25, -0.2) is 4.39 Å². The molecule has 5 rings (SSSR count). The first kappa shape index (κ1) is 19.2. The van der Waals surface area contributed by atoms with E-state index in [1.807, 2.05) is 6.07 Å². The Morgan fingerprint density at radius 2 is 1.83 bits per heavy atom. The summed E-state index contributed by atoms with van der Waals surface area (Å²) in [5.41, 5.74) is 2.64. The zero-order valence-corrected chi connectivity index (χ0v) is 17.5. The molecule has 0 unspecified atom stereocenters. The number of rotatable bonds is 1. The molecule has 3 saturated carbocycles. The van der Waals surface area contributed by atoms with Crippen molar-refractivity contribution in [2.75, 3.05) is 0 Å². The maximum absolute atomic E-state index is 14.2. The van der Waals surface area contributed by atoms with E-state index in [4.69, 9.17) is 0 Å². The zero-order valence-electron chi connectivity index (χ0n) is 17.5. The average molecular weight is 395 g/mol. The van der Waals surface area contributed by atoms with Crippen molar-refractivity contribution in [2.24, 2.45) is 28.6 Å². The highest BCUT2D eigenvalue weighted by atomic mass is 19.1. The van der Waals surface area contributed by atoms with E-state index in [0.29, 0.717) is 23.3 Å². The van der Waals surface area contributed by atoms with E-state index < -0.39 is 0 Å². The van der Waals surface area contributed by atoms with E-state index in [0.717, 1.165) is 50.5 Å². The van der Waals surface area contributed by atoms with Gasteiger partial charge in [0.2, 0.25) is 0 Å². The van der Waals surface area contributed by atoms with Crippen LogP contribution in [-0.4, -0.2) is 17.0 Å². The molecule has 0 spiro atoms. The van der Waals surface area contributed by atoms with Gasteiger partial charge in [0.25, 0.3) is 0 Å². The Labute approximate surface area is 172 Å². The Morgan fingerprint density at radius 3 is 2.62 bits per heavy atom. The number of allylic oxidation sites excluding steroid dienone is 2. The molecule has 0 saturated heterocycles. The van der Waals surface area contributed by atoms with Gasteiger partial charge in [-0.1, -0.05) is 43.7 Å². The Kier molecular flexibility index (Phi) is 4.40. The van der Waals surface area contributed by atoms with Crippen LogP contribution in [-0.2, 0) is 4.79 Å². The highest BCUT2D eigenvalue weighted by molar-refractivity contribution is 6.06. The molecular weight excluding hydrogens is 363 g/mol. The molecule has 0 amide bonds. The topological polar surface area (TPSA) is 37.3 Å². The lowest BCUT2D eigenvalue weighted by molar-refractivity contribution is -0.130. The van der Waals surface area contributed by atoms with Gasteiger partial charge in [0, 0.05) is 11.0 Å². The number of halogens is 1. The lowest BCUT2D eigenvalue weighted by Gasteiger charge is -2.56. The van der Waals surface area contributed by atoms with Gasteiger partial charge in [-0.2, -0.15) is 0 Å². The minimum absolute atomic E-state index is 0.171. The summed E-state index contributed by atoms with van der Waals surface area (Å²) in [7, 11) is 0. The van der Waals surface area contributed by atoms with E-state index in [1.165, 1.54) is 11.6 Å². The molecule has 3 fully saturated rings. The summed E-state index contributed by atoms with van der Waals surface area (Å²) in [5.74, 6) is 1.42. The van der Waals surface area contributed by atoms with Crippen LogP contribution < -0.4 is 0 Å². The first-order valence-electron chi connectivity index (χ1n) is 11.2. The predicted molar refractivity (Wildman–Crippen MR) is 112 cm³/mol. The number of benzene rings is 1. The molecule has 0 aromatic heterocycles. The van der Waals surface area contributed by atoms with Crippen LogP contribution in [0, 0.1) is 34.4 Å². The minimum atomic E-state index is -0.311. The predicted octanol–water partition coefficient (Wildman–Crippen LogP) is 5.71. The first-order valence-corrected chi connectivity index (χ1v) is 11.2. The zero-order chi connectivity index (χ0) is 20.4. The summed E-state index contributed by atoms with van der Waals surface area (Å²) < 4.78 is 14.2. The normalized spacial score (nSPS) is 42.8. The second-order valence-electron chi connectivity index (χ2n) is 10.3. The monoisotopic (exact) mass is 394 g/mol. The van der Waals surface area contributed by atoms with Crippen LogP contribution in [0.2, 0.25) is 0 Å². The van der Waals surface area contributed by atoms with Crippen molar-refractivity contribution in [3.63, 3.8) is 0 Å². The van der Waals surface area contributed by atoms with Crippen molar-refractivity contribution >= 4 is 11.9 Å². The average Bonchev–Trinajstić information content (AvgIpc) is 2.95. The standard InChI is InChI=1S/C26H31FO2/c1-25-11-9-19(28)15-18(25)7-8-20-21(25)10-12-26(2)22(20)14-17(24(26)29)13-16-5-3-4-6-23(16)27/h3-7,13,19-22,28H,8-12,14-15H2,1-2H3/t19-,20+,21-,22+,25-,26+/m0/s1. The fraction of sp³-hybridized carbons (Fsp3) is 0.577. The molecule has 6 atom stereocenters. The summed E-state index contributed by atoms with van der Waals surface area (Å²) in [5, 5.41) is 10.2. The quantitative estimate of drug-likeness (QED) is 0.489. The van der Waals surface area contributed by atoms with Crippen LogP contribution >= 0.6 is 0 Å². The van der Waals surface area contributed by atoms with Gasteiger partial charge in [-0.15, -0.1) is 0 Å². The maximum Gasteiger partial charge on any atom is 0.165 e. The molecule has 0 heterocycles. The van der Waals surface area contributed by atoms with Gasteiger partial charge < -0.3 is 5.11 Å². The second kappa shape index (κ2) is 6.63. The van der Waals surface area contributed by atoms with E-state index in [9.17, 15) is 14.3 Å². The molecule has 2 nitrogen and oxygen atoms in total. The van der Waals surface area contributed by atoms with Gasteiger partial charge in [-0.05, 0) is 85.8 Å². The molecule has 3 heteroatoms. The van der Waals surface area contributed by atoms with Crippen LogP contribution in [0.4, 0.5) is 4.39 Å². The van der Waals surface area contributed by atoms with Crippen molar-refractivity contribution in [3.05, 3.63) is 52.9 Å². The van der Waals surface area contributed by atoms with Crippen molar-refractivity contribution in [1.82, 2.24) is 0 Å². The molecule has 1 aromatic rings. The number of fused-ring (bicyclic) bond motifs is 5. The summed E-state index contributed by atoms with van der Waals surface area (Å²) in [6.45, 7) is 4.56. The lowest BCUT2D eigenvalue weighted by atomic mass is 9.48. The van der Waals surface area contributed by atoms with E-state index in [-0.39, 0.29) is 28.5 Å². The molecule has 4 aliphatic rings. The number of carbonyl (C=O) groups is 1. The van der Waals surface area contributed by atoms with E-state index >= 15 is 0 Å². The van der Waals surface area contributed by atoms with Gasteiger partial charge in [-0.3, -0.25) is 4.79 Å². The first-order chi connectivity index (χ1) is 13.8. The Hall–Kier alpha value is -1.74. The largest absolute Gasteiger partial charge is 0.393 e. The second-order valence-corrected chi connectivity index (χ2v) is 10.3. The molecule has 0 radical (unpaired) electrons. The number of ketones is 1. The number of aliphatic hydroxyl groups excluding tert-OH is 1. The van der Waals surface area contributed by atoms with Gasteiger partial charge in [0.1, 0.15) is 5.82 Å². The smallest absolute Gasteiger partial charge is 0.165 e. The van der Waals surface area contributed by atoms with Crippen LogP contribution in [0.25, 0.3) is 6.08 Å². The SMILES string of the molecule is C[C@@]12CC[C@H]3[C@@H](CC=C4C[C@@H](O)CC[C@@]43C)[C@H]1CC(=Cc1ccccc1F)C2=O. The third kappa shape index (κ3) is 2.80. The maximum atomic E-state index is 14.2. The molecule has 0 bridgehead atoms. The van der Waals surface area contributed by atoms with Gasteiger partial charge in [0.05, 0.1) is 6.10 Å². The third-order valence-electron chi connectivity index (χ3n) is 8.95. The number of Topliss-reactive ketones (excluding diaryl/α,β-unsaturated/α-hetero) is 1. The molecule has 1 aromatic carbocycles. The van der Waals surface area contributed by atoms with Crippen LogP contribution in [0.3, 0.4) is 0 Å². The molecular formula is C26H31FO2. The van der Waals surface area contributed by atoms with Gasteiger partial charge in [0.15, 0.2) is 5.78 Å². The van der Waals surface area contributed by atoms with E-state index in [2.05, 4.69) is 19.9 Å². The molecule has 0 aliphatic heterocycles. The van der Waals surface area contributed by atoms with Crippen LogP contribution in [0.1, 0.15) is 64.4 Å². The van der Waals surface area contributed by atoms with Crippen LogP contribution in [0.5, 0.6) is 0 Å². The van der Waals surface area contributed by atoms with Gasteiger partial charge >= 0.3 is 0 Å². The van der Waals surface area contributed by atoms with Crippen molar-refractivity contribution in [1.29, 1.82) is 0 Å². The molecule has 1 N–H and O–H groups in total. The number of hydrogen-bond acceptors (Lipinski definition) is 2. The summed E-state index contributed by atoms with van der Waals surface area (Å²) in [6.07, 6.45) is 10.6. The van der Waals surface area contributed by atoms with Crippen molar-refractivity contribution < 1.29 is 14.3 Å². The third-order valence-corrected chi connectivity index (χ3v) is 8.95. The highest BCUT2D eigenvalue weighted by Gasteiger charge is 2.59. The number of hydrogen-bond donors (Lipinski definition) is 1. The molecule has 154 valence electrons. The minimum Gasteiger partial charge on any atom is -0.393 e. The fourth-order valence-corrected chi connectivity index (χ4v) is 7.22. The van der Waals surface area contributed by atoms with Crippen LogP contribution in [0.15, 0.2) is 41.5 Å². The van der Waals surface area contributed by atoms with Crippen molar-refractivity contribution in [3.8, 4) is 0 Å². The highest BCUT2D eigenvalue weighted by Crippen LogP contribution is 2.64. The Morgan fingerprint density at radius 1 is 1.07 bits per heavy atom. The summed E-state index contributed by atoms with van der Waals surface area (Å²) in [6, 6.07) is 6.73. The molecule has 4 aliphatic carbocycles. The number of carbonyl (C=O) groups excluding carboxylic acids is 1. The summed E-state index contributed by atoms with van der Waals surface area (Å²) >= 11 is 0. The number of aliphatic hydroxyl groups is 1. The summed E-state index contributed by atoms with van der Waals surface area (Å²) in [4.78, 5) is 13.4. The van der Waals surface area contributed by atoms with Crippen molar-refractivity contribution in [2.45, 2.75) is 64.9 Å². The van der Waals surface area contributed by atoms with E-state index in [1.54, 1.807) is 18.2 Å². The fourth-order valence-electron chi connectivity index (χ4n) is 7.22. The Balaban J connectivity index is 1.49.